The summed E-state index contributed by atoms with van der Waals surface area (Å²) in [5.41, 5.74) is 0.632. The second-order valence-electron chi connectivity index (χ2n) is 2.31. The van der Waals surface area contributed by atoms with E-state index in [0.29, 0.717) is 5.49 Å². The average molecular weight is 236 g/mol. The van der Waals surface area contributed by atoms with Crippen LogP contribution in [0.5, 0.6) is 0 Å². The van der Waals surface area contributed by atoms with Gasteiger partial charge in [-0.05, 0) is 13.8 Å². The molecule has 0 saturated carbocycles. The van der Waals surface area contributed by atoms with Gasteiger partial charge in [0, 0.05) is 16.1 Å². The van der Waals surface area contributed by atoms with Crippen molar-refractivity contribution in [2.24, 2.45) is 0 Å². The zero-order valence-corrected chi connectivity index (χ0v) is 10.6. The quantitative estimate of drug-likeness (QED) is 0.316. The molecule has 0 amide bonds. The van der Waals surface area contributed by atoms with Crippen molar-refractivity contribution in [3.05, 3.63) is 5.49 Å². The van der Waals surface area contributed by atoms with E-state index in [1.807, 2.05) is 0 Å². The van der Waals surface area contributed by atoms with Gasteiger partial charge in [0.2, 0.25) is 7.60 Å². The maximum Gasteiger partial charge on any atom is 1.00 e. The molecule has 0 aliphatic carbocycles. The molecule has 0 radical (unpaired) electrons. The van der Waals surface area contributed by atoms with Crippen LogP contribution in [0.25, 0.3) is 0 Å². The Hall–Kier alpha value is 0.697. The van der Waals surface area contributed by atoms with Gasteiger partial charge in [-0.2, -0.15) is 0 Å². The van der Waals surface area contributed by atoms with Crippen molar-refractivity contribution in [1.29, 1.82) is 0 Å². The average Bonchev–Trinajstić information content (AvgIpc) is 1.82. The molecule has 0 fully saturated rings. The Balaban J connectivity index is 0. The molecule has 0 aromatic heterocycles. The zero-order chi connectivity index (χ0) is 10.5. The van der Waals surface area contributed by atoms with Crippen LogP contribution in [-0.2, 0) is 23.4 Å². The minimum absolute atomic E-state index is 0. The van der Waals surface area contributed by atoms with Crippen LogP contribution in [0.4, 0.5) is 0 Å². The van der Waals surface area contributed by atoms with E-state index >= 15 is 0 Å². The van der Waals surface area contributed by atoms with Crippen molar-refractivity contribution >= 4 is 17.4 Å². The summed E-state index contributed by atoms with van der Waals surface area (Å²) >= 11 is 0. The smallest absolute Gasteiger partial charge is 0.331 e. The molecule has 0 aliphatic rings. The predicted octanol–water partition coefficient (Wildman–Crippen LogP) is -1.58. The molecule has 80 valence electrons. The van der Waals surface area contributed by atoms with Crippen LogP contribution >= 0.6 is 7.60 Å². The van der Waals surface area contributed by atoms with E-state index in [0.717, 1.165) is 6.26 Å². The first-order valence-corrected chi connectivity index (χ1v) is 7.34. The van der Waals surface area contributed by atoms with Crippen LogP contribution in [-0.4, -0.2) is 27.9 Å². The number of sulfone groups is 1. The molecule has 5 nitrogen and oxygen atoms in total. The van der Waals surface area contributed by atoms with Gasteiger partial charge in [0.15, 0.2) is 0 Å². The molecule has 0 rings (SSSR count). The first-order valence-electron chi connectivity index (χ1n) is 3.77. The second-order valence-corrected chi connectivity index (χ2v) is 6.41. The number of hydrogen-bond donors (Lipinski definition) is 0. The Morgan fingerprint density at radius 1 is 1.21 bits per heavy atom. The van der Waals surface area contributed by atoms with Crippen LogP contribution in [0, 0.1) is 5.49 Å². The summed E-state index contributed by atoms with van der Waals surface area (Å²) in [4.78, 5) is 0. The Bertz CT molecular complexity index is 279. The van der Waals surface area contributed by atoms with Gasteiger partial charge in [-0.25, -0.2) is 0 Å². The van der Waals surface area contributed by atoms with Gasteiger partial charge >= 0.3 is 18.9 Å². The number of rotatable bonds is 6. The topological polar surface area (TPSA) is 69.7 Å². The van der Waals surface area contributed by atoms with E-state index < -0.39 is 17.4 Å². The molecule has 0 N–H and O–H groups in total. The van der Waals surface area contributed by atoms with Gasteiger partial charge in [0.05, 0.1) is 13.2 Å². The van der Waals surface area contributed by atoms with Crippen LogP contribution in [0.2, 0.25) is 0 Å². The van der Waals surface area contributed by atoms with Gasteiger partial charge in [-0.15, -0.1) is 0 Å². The third-order valence-electron chi connectivity index (χ3n) is 0.939. The maximum absolute atomic E-state index is 11.5. The van der Waals surface area contributed by atoms with Crippen molar-refractivity contribution < 1.29 is 40.9 Å². The van der Waals surface area contributed by atoms with E-state index in [4.69, 9.17) is 9.05 Å². The van der Waals surface area contributed by atoms with Crippen molar-refractivity contribution in [3.8, 4) is 0 Å². The van der Waals surface area contributed by atoms with Crippen LogP contribution < -0.4 is 18.9 Å². The molecule has 0 spiro atoms. The summed E-state index contributed by atoms with van der Waals surface area (Å²) < 4.78 is 42.7. The summed E-state index contributed by atoms with van der Waals surface area (Å²) in [6.07, 6.45) is 0.942. The summed E-state index contributed by atoms with van der Waals surface area (Å²) in [5, 5.41) is 0. The number of hydrogen-bond acceptors (Lipinski definition) is 5. The van der Waals surface area contributed by atoms with E-state index in [1.165, 1.54) is 0 Å². The Labute approximate surface area is 97.2 Å². The van der Waals surface area contributed by atoms with Crippen molar-refractivity contribution in [1.82, 2.24) is 0 Å². The van der Waals surface area contributed by atoms with Crippen molar-refractivity contribution in [3.63, 3.8) is 0 Å². The molecule has 0 aliphatic heterocycles. The minimum Gasteiger partial charge on any atom is -0.331 e. The Kier molecular flexibility index (Phi) is 8.61. The fourth-order valence-corrected chi connectivity index (χ4v) is 3.85. The summed E-state index contributed by atoms with van der Waals surface area (Å²) in [5.74, 6) is 0. The summed E-state index contributed by atoms with van der Waals surface area (Å²) in [7, 11) is -7.02. The van der Waals surface area contributed by atoms with Crippen LogP contribution in [0.1, 0.15) is 13.8 Å². The summed E-state index contributed by atoms with van der Waals surface area (Å²) in [6.45, 7) is 3.51. The minimum atomic E-state index is -3.55. The maximum atomic E-state index is 11.5. The predicted molar refractivity (Wildman–Crippen MR) is 50.0 cm³/mol. The molecular weight excluding hydrogens is 222 g/mol. The van der Waals surface area contributed by atoms with Crippen LogP contribution in [0.15, 0.2) is 0 Å². The van der Waals surface area contributed by atoms with E-state index in [2.05, 4.69) is 0 Å². The second kappa shape index (κ2) is 7.05. The molecule has 0 saturated heterocycles. The first kappa shape index (κ1) is 17.1. The fraction of sp³-hybridized carbons (Fsp3) is 0.833. The molecule has 0 heterocycles. The standard InChI is InChI=1S/C6H14O5PS.Li/c1-4-10-12(7,11-5-2)6-13(3,8)9;/h6H,4-5H2,1-3H3;/q-1;+1. The van der Waals surface area contributed by atoms with Gasteiger partial charge in [-0.1, -0.05) is 5.49 Å². The van der Waals surface area contributed by atoms with Gasteiger partial charge in [0.25, 0.3) is 0 Å². The van der Waals surface area contributed by atoms with E-state index in [1.54, 1.807) is 13.8 Å². The van der Waals surface area contributed by atoms with E-state index in [9.17, 15) is 13.0 Å². The zero-order valence-electron chi connectivity index (χ0n) is 8.89. The molecule has 8 heteroatoms. The SMILES string of the molecule is CCOP(=O)([CH-]S(C)(=O)=O)OCC.[Li+]. The fourth-order valence-electron chi connectivity index (χ4n) is 0.693. The first-order chi connectivity index (χ1) is 5.83. The van der Waals surface area contributed by atoms with Gasteiger partial charge in [0.1, 0.15) is 0 Å². The Morgan fingerprint density at radius 3 is 1.79 bits per heavy atom. The summed E-state index contributed by atoms with van der Waals surface area (Å²) in [6, 6.07) is 0. The largest absolute Gasteiger partial charge is 1.00 e. The third kappa shape index (κ3) is 8.04. The Morgan fingerprint density at radius 2 is 1.57 bits per heavy atom. The normalized spacial score (nSPS) is 12.2. The van der Waals surface area contributed by atoms with Gasteiger partial charge < -0.3 is 9.05 Å². The molecule has 14 heavy (non-hydrogen) atoms. The third-order valence-corrected chi connectivity index (χ3v) is 4.74. The van der Waals surface area contributed by atoms with Crippen LogP contribution in [0.3, 0.4) is 0 Å². The molecular formula is C6H14LiO5PS. The van der Waals surface area contributed by atoms with E-state index in [-0.39, 0.29) is 32.1 Å². The molecule has 0 aromatic carbocycles. The monoisotopic (exact) mass is 236 g/mol. The molecule has 0 unspecified atom stereocenters. The van der Waals surface area contributed by atoms with Crippen molar-refractivity contribution in [2.45, 2.75) is 13.8 Å². The van der Waals surface area contributed by atoms with Gasteiger partial charge in [-0.3, -0.25) is 13.0 Å². The molecule has 0 atom stereocenters. The molecule has 0 bridgehead atoms. The van der Waals surface area contributed by atoms with Crippen molar-refractivity contribution in [2.75, 3.05) is 19.5 Å². The molecule has 0 aromatic rings.